The van der Waals surface area contributed by atoms with Gasteiger partial charge in [-0.2, -0.15) is 0 Å². The highest BCUT2D eigenvalue weighted by atomic mass is 32.1. The number of aromatic amines is 1. The first-order valence-electron chi connectivity index (χ1n) is 6.66. The number of likely N-dealkylation sites (tertiary alicyclic amines) is 1. The summed E-state index contributed by atoms with van der Waals surface area (Å²) in [6, 6.07) is 6.65. The van der Waals surface area contributed by atoms with E-state index in [1.807, 2.05) is 12.1 Å². The van der Waals surface area contributed by atoms with Crippen molar-refractivity contribution < 1.29 is 4.74 Å². The standard InChI is InChI=1S/C14H19N3OS/c1-16-8-4-5-10(16)9-17-11-6-3-7-12(18-2)13(11)15-14(17)19/h3,6-7,10H,4-5,8-9H2,1-2H3,(H,15,19). The monoisotopic (exact) mass is 277 g/mol. The molecule has 1 unspecified atom stereocenters. The molecule has 0 saturated carbocycles. The van der Waals surface area contributed by atoms with Crippen molar-refractivity contribution in [1.29, 1.82) is 0 Å². The van der Waals surface area contributed by atoms with E-state index in [0.717, 1.165) is 28.1 Å². The summed E-state index contributed by atoms with van der Waals surface area (Å²) in [5.41, 5.74) is 2.13. The van der Waals surface area contributed by atoms with E-state index in [4.69, 9.17) is 17.0 Å². The van der Waals surface area contributed by atoms with Crippen molar-refractivity contribution in [1.82, 2.24) is 14.5 Å². The van der Waals surface area contributed by atoms with Gasteiger partial charge in [0, 0.05) is 12.6 Å². The molecule has 1 saturated heterocycles. The Morgan fingerprint density at radius 3 is 3.00 bits per heavy atom. The Labute approximate surface area is 118 Å². The van der Waals surface area contributed by atoms with E-state index in [9.17, 15) is 0 Å². The molecule has 1 N–H and O–H groups in total. The molecule has 2 aromatic rings. The molecule has 3 rings (SSSR count). The lowest BCUT2D eigenvalue weighted by atomic mass is 10.2. The van der Waals surface area contributed by atoms with Gasteiger partial charge >= 0.3 is 0 Å². The van der Waals surface area contributed by atoms with Gasteiger partial charge in [0.05, 0.1) is 12.6 Å². The van der Waals surface area contributed by atoms with E-state index in [0.29, 0.717) is 6.04 Å². The minimum atomic E-state index is 0.580. The van der Waals surface area contributed by atoms with Crippen LogP contribution in [-0.4, -0.2) is 41.2 Å². The molecule has 1 aromatic heterocycles. The van der Waals surface area contributed by atoms with E-state index >= 15 is 0 Å². The number of H-pyrrole nitrogens is 1. The van der Waals surface area contributed by atoms with E-state index in [1.54, 1.807) is 7.11 Å². The number of benzene rings is 1. The highest BCUT2D eigenvalue weighted by Crippen LogP contribution is 2.26. The molecule has 4 nitrogen and oxygen atoms in total. The van der Waals surface area contributed by atoms with Gasteiger partial charge in [0.25, 0.3) is 0 Å². The second-order valence-electron chi connectivity index (χ2n) is 5.17. The predicted molar refractivity (Wildman–Crippen MR) is 79.3 cm³/mol. The summed E-state index contributed by atoms with van der Waals surface area (Å²) in [5.74, 6) is 0.849. The van der Waals surface area contributed by atoms with Gasteiger partial charge in [-0.05, 0) is 50.8 Å². The summed E-state index contributed by atoms with van der Waals surface area (Å²) in [7, 11) is 3.88. The van der Waals surface area contributed by atoms with Crippen LogP contribution < -0.4 is 4.74 Å². The quantitative estimate of drug-likeness (QED) is 0.876. The number of ether oxygens (including phenoxy) is 1. The number of fused-ring (bicyclic) bond motifs is 1. The summed E-state index contributed by atoms with van der Waals surface area (Å²) in [4.78, 5) is 5.69. The minimum absolute atomic E-state index is 0.580. The van der Waals surface area contributed by atoms with Crippen molar-refractivity contribution in [2.24, 2.45) is 0 Å². The predicted octanol–water partition coefficient (Wildman–Crippen LogP) is 2.80. The highest BCUT2D eigenvalue weighted by molar-refractivity contribution is 7.71. The molecular formula is C14H19N3OS. The lowest BCUT2D eigenvalue weighted by Crippen LogP contribution is -2.29. The maximum absolute atomic E-state index is 5.47. The fourth-order valence-corrected chi connectivity index (χ4v) is 3.20. The van der Waals surface area contributed by atoms with Crippen molar-refractivity contribution >= 4 is 23.3 Å². The zero-order chi connectivity index (χ0) is 13.4. The number of nitrogens with one attached hydrogen (secondary N) is 1. The van der Waals surface area contributed by atoms with E-state index in [2.05, 4.69) is 27.6 Å². The maximum Gasteiger partial charge on any atom is 0.178 e. The zero-order valence-electron chi connectivity index (χ0n) is 11.3. The molecule has 0 spiro atoms. The molecule has 1 aromatic carbocycles. The largest absolute Gasteiger partial charge is 0.494 e. The average molecular weight is 277 g/mol. The summed E-state index contributed by atoms with van der Waals surface area (Å²) >= 11 is 5.47. The maximum atomic E-state index is 5.47. The summed E-state index contributed by atoms with van der Waals surface area (Å²) in [6.07, 6.45) is 2.52. The molecular weight excluding hydrogens is 258 g/mol. The number of likely N-dealkylation sites (N-methyl/N-ethyl adjacent to an activating group) is 1. The molecule has 102 valence electrons. The number of nitrogens with zero attached hydrogens (tertiary/aromatic N) is 2. The van der Waals surface area contributed by atoms with Gasteiger partial charge in [-0.15, -0.1) is 0 Å². The van der Waals surface area contributed by atoms with Crippen LogP contribution in [0, 0.1) is 4.77 Å². The lowest BCUT2D eigenvalue weighted by molar-refractivity contribution is 0.283. The third-order valence-electron chi connectivity index (χ3n) is 4.06. The molecule has 0 aliphatic carbocycles. The smallest absolute Gasteiger partial charge is 0.178 e. The van der Waals surface area contributed by atoms with E-state index in [1.165, 1.54) is 19.4 Å². The second-order valence-corrected chi connectivity index (χ2v) is 5.56. The van der Waals surface area contributed by atoms with Gasteiger partial charge < -0.3 is 19.2 Å². The fourth-order valence-electron chi connectivity index (χ4n) is 2.93. The van der Waals surface area contributed by atoms with E-state index < -0.39 is 0 Å². The molecule has 1 aliphatic rings. The Bertz CT molecular complexity index is 646. The second kappa shape index (κ2) is 4.98. The Kier molecular flexibility index (Phi) is 3.33. The van der Waals surface area contributed by atoms with Crippen LogP contribution >= 0.6 is 12.2 Å². The fraction of sp³-hybridized carbons (Fsp3) is 0.500. The summed E-state index contributed by atoms with van der Waals surface area (Å²) in [6.45, 7) is 2.13. The molecule has 1 atom stereocenters. The minimum Gasteiger partial charge on any atom is -0.494 e. The summed E-state index contributed by atoms with van der Waals surface area (Å²) < 4.78 is 8.36. The van der Waals surface area contributed by atoms with E-state index in [-0.39, 0.29) is 0 Å². The summed E-state index contributed by atoms with van der Waals surface area (Å²) in [5, 5.41) is 0. The van der Waals surface area contributed by atoms with Gasteiger partial charge in [0.1, 0.15) is 11.3 Å². The SMILES string of the molecule is COc1cccc2c1[nH]c(=S)n2CC1CCCN1C. The number of rotatable bonds is 3. The molecule has 19 heavy (non-hydrogen) atoms. The molecule has 0 amide bonds. The third-order valence-corrected chi connectivity index (χ3v) is 4.38. The van der Waals surface area contributed by atoms with Crippen molar-refractivity contribution in [3.63, 3.8) is 0 Å². The first-order valence-corrected chi connectivity index (χ1v) is 7.07. The number of hydrogen-bond acceptors (Lipinski definition) is 3. The van der Waals surface area contributed by atoms with Crippen LogP contribution in [0.1, 0.15) is 12.8 Å². The lowest BCUT2D eigenvalue weighted by Gasteiger charge is -2.20. The van der Waals surface area contributed by atoms with Crippen LogP contribution in [0.2, 0.25) is 0 Å². The molecule has 1 fully saturated rings. The number of para-hydroxylation sites is 1. The van der Waals surface area contributed by atoms with Crippen molar-refractivity contribution in [3.8, 4) is 5.75 Å². The Morgan fingerprint density at radius 1 is 1.47 bits per heavy atom. The van der Waals surface area contributed by atoms with Crippen LogP contribution in [0.3, 0.4) is 0 Å². The van der Waals surface area contributed by atoms with Crippen molar-refractivity contribution in [2.45, 2.75) is 25.4 Å². The number of hydrogen-bond donors (Lipinski definition) is 1. The molecule has 5 heteroatoms. The highest BCUT2D eigenvalue weighted by Gasteiger charge is 2.22. The van der Waals surface area contributed by atoms with Crippen molar-refractivity contribution in [3.05, 3.63) is 23.0 Å². The normalized spacial score (nSPS) is 20.2. The van der Waals surface area contributed by atoms with Crippen LogP contribution in [0.4, 0.5) is 0 Å². The Morgan fingerprint density at radius 2 is 2.32 bits per heavy atom. The van der Waals surface area contributed by atoms with Gasteiger partial charge in [-0.25, -0.2) is 0 Å². The topological polar surface area (TPSA) is 33.2 Å². The van der Waals surface area contributed by atoms with Gasteiger partial charge in [-0.3, -0.25) is 0 Å². The van der Waals surface area contributed by atoms with Gasteiger partial charge in [0.15, 0.2) is 4.77 Å². The molecule has 1 aliphatic heterocycles. The average Bonchev–Trinajstić information content (AvgIpc) is 2.95. The first kappa shape index (κ1) is 12.7. The van der Waals surface area contributed by atoms with Crippen LogP contribution in [0.25, 0.3) is 11.0 Å². The molecule has 2 heterocycles. The van der Waals surface area contributed by atoms with Crippen LogP contribution in [0.5, 0.6) is 5.75 Å². The van der Waals surface area contributed by atoms with Crippen LogP contribution in [0.15, 0.2) is 18.2 Å². The number of imidazole rings is 1. The van der Waals surface area contributed by atoms with Gasteiger partial charge in [0.2, 0.25) is 0 Å². The van der Waals surface area contributed by atoms with Crippen LogP contribution in [-0.2, 0) is 6.54 Å². The molecule has 0 bridgehead atoms. The third kappa shape index (κ3) is 2.17. The first-order chi connectivity index (χ1) is 9.20. The number of aromatic nitrogens is 2. The van der Waals surface area contributed by atoms with Gasteiger partial charge in [-0.1, -0.05) is 6.07 Å². The Balaban J connectivity index is 2.03. The Hall–Kier alpha value is -1.33. The zero-order valence-corrected chi connectivity index (χ0v) is 12.2. The molecule has 0 radical (unpaired) electrons. The number of methoxy groups -OCH3 is 1. The van der Waals surface area contributed by atoms with Crippen molar-refractivity contribution in [2.75, 3.05) is 20.7 Å².